The molecule has 3 aliphatic heterocycles. The van der Waals surface area contributed by atoms with Crippen molar-refractivity contribution in [2.45, 2.75) is 150 Å². The van der Waals surface area contributed by atoms with Crippen LogP contribution in [0.25, 0.3) is 15.4 Å². The van der Waals surface area contributed by atoms with E-state index in [0.717, 1.165) is 59.4 Å². The summed E-state index contributed by atoms with van der Waals surface area (Å²) in [5.41, 5.74) is 8.07. The van der Waals surface area contributed by atoms with Gasteiger partial charge < -0.3 is 44.4 Å². The molecule has 3 N–H and O–H groups in total. The molecule has 5 atom stereocenters. The first kappa shape index (κ1) is 63.8. The molecule has 3 aromatic heterocycles. The minimum absolute atomic E-state index is 0.0382. The molecule has 6 heterocycles. The van der Waals surface area contributed by atoms with Crippen LogP contribution in [-0.4, -0.2) is 136 Å². The highest BCUT2D eigenvalue weighted by atomic mass is 35.5. The lowest BCUT2D eigenvalue weighted by molar-refractivity contribution is -0.149. The zero-order valence-corrected chi connectivity index (χ0v) is 53.4. The fraction of sp³-hybridized carbons (Fsp3) is 0.476. The summed E-state index contributed by atoms with van der Waals surface area (Å²) in [6.45, 7) is 23.9. The topological polar surface area (TPSA) is 227 Å². The van der Waals surface area contributed by atoms with Crippen molar-refractivity contribution in [2.24, 2.45) is 10.4 Å². The molecule has 3 aliphatic rings. The van der Waals surface area contributed by atoms with Gasteiger partial charge in [0, 0.05) is 47.2 Å². The van der Waals surface area contributed by atoms with Crippen LogP contribution in [0.2, 0.25) is 5.02 Å². The number of hydrogen-bond acceptors (Lipinski definition) is 16. The summed E-state index contributed by atoms with van der Waals surface area (Å²) < 4.78 is 32.0. The Kier molecular flexibility index (Phi) is 19.9. The summed E-state index contributed by atoms with van der Waals surface area (Å²) >= 11 is 9.47. The smallest absolute Gasteiger partial charge is 0.460 e. The summed E-state index contributed by atoms with van der Waals surface area (Å²) in [4.78, 5) is 83.1. The second kappa shape index (κ2) is 26.8. The van der Waals surface area contributed by atoms with E-state index in [-0.39, 0.29) is 58.1 Å². The molecule has 86 heavy (non-hydrogen) atoms. The Labute approximate surface area is 516 Å². The lowest BCUT2D eigenvalue weighted by Crippen LogP contribution is -2.58. The number of thiazole rings is 1. The Morgan fingerprint density at radius 2 is 1.52 bits per heavy atom. The lowest BCUT2D eigenvalue weighted by Gasteiger charge is -2.35. The number of thiophene rings is 1. The van der Waals surface area contributed by atoms with Crippen molar-refractivity contribution < 1.29 is 47.5 Å². The monoisotopic (exact) mass is 1230 g/mol. The van der Waals surface area contributed by atoms with Crippen molar-refractivity contribution in [1.29, 1.82) is 0 Å². The van der Waals surface area contributed by atoms with Gasteiger partial charge >= 0.3 is 13.1 Å². The summed E-state index contributed by atoms with van der Waals surface area (Å²) in [5.74, 6) is -0.883. The van der Waals surface area contributed by atoms with Gasteiger partial charge in [-0.25, -0.2) is 4.98 Å². The van der Waals surface area contributed by atoms with Gasteiger partial charge in [0.25, 0.3) is 0 Å². The van der Waals surface area contributed by atoms with E-state index in [9.17, 15) is 24.0 Å². The number of benzene rings is 3. The quantitative estimate of drug-likeness (QED) is 0.0329. The molecule has 2 fully saturated rings. The zero-order chi connectivity index (χ0) is 61.8. The van der Waals surface area contributed by atoms with Gasteiger partial charge in [-0.2, -0.15) is 0 Å². The number of esters is 1. The number of fused-ring (bicyclic) bond motifs is 3. The summed E-state index contributed by atoms with van der Waals surface area (Å²) in [5, 5.41) is 19.4. The molecule has 0 bridgehead atoms. The van der Waals surface area contributed by atoms with Crippen LogP contribution in [0.4, 0.5) is 0 Å². The second-order valence-electron chi connectivity index (χ2n) is 24.3. The standard InChI is InChI=1S/C63H77BClN9O10S2/c1-36-39(4)86-60-53(36)54(43-20-24-46(65)25-21-43)69-48(57-72-71-40(5)74(57)60)32-50(75)66-26-29-80-27-13-28-81-34-51(76)70-56(61(6,7)8)59(79)73-33-47(82-52(77)30-41-14-22-45(23-15-41)64-83-62(9,10)63(11,12)84-64)31-49(73)58(78)68-37(2)42-16-18-44(19-17-42)55-38(3)67-35-85-55/h14-25,35,37,47-49,56H,13,26-34H2,1-12H3,(H,66,75)(H,68,78)(H,70,76)/t37-,47+,48-,49-,56+/m0/s1. The van der Waals surface area contributed by atoms with Crippen LogP contribution in [0.1, 0.15) is 137 Å². The number of ether oxygens (including phenoxy) is 3. The highest BCUT2D eigenvalue weighted by molar-refractivity contribution is 7.15. The van der Waals surface area contributed by atoms with Crippen LogP contribution >= 0.6 is 34.3 Å². The molecular weight excluding hydrogens is 1150 g/mol. The Balaban J connectivity index is 0.765. The van der Waals surface area contributed by atoms with Crippen LogP contribution < -0.4 is 21.4 Å². The van der Waals surface area contributed by atoms with Gasteiger partial charge in [-0.1, -0.05) is 93.0 Å². The fourth-order valence-corrected chi connectivity index (χ4v) is 12.8. The molecule has 9 rings (SSSR count). The maximum atomic E-state index is 14.8. The highest BCUT2D eigenvalue weighted by Gasteiger charge is 2.52. The normalized spacial score (nSPS) is 18.6. The number of likely N-dealkylation sites (tertiary alicyclic amines) is 1. The van der Waals surface area contributed by atoms with Crippen molar-refractivity contribution in [3.05, 3.63) is 133 Å². The molecule has 0 saturated carbocycles. The molecule has 2 saturated heterocycles. The summed E-state index contributed by atoms with van der Waals surface area (Å²) in [6.07, 6.45) is -0.312. The molecule has 0 unspecified atom stereocenters. The number of rotatable bonds is 22. The Morgan fingerprint density at radius 1 is 0.849 bits per heavy atom. The van der Waals surface area contributed by atoms with Crippen molar-refractivity contribution in [1.82, 2.24) is 40.6 Å². The van der Waals surface area contributed by atoms with Crippen LogP contribution in [0, 0.1) is 33.1 Å². The molecule has 0 radical (unpaired) electrons. The number of halogens is 1. The predicted octanol–water partition coefficient (Wildman–Crippen LogP) is 8.62. The molecule has 0 aliphatic carbocycles. The largest absolute Gasteiger partial charge is 0.494 e. The van der Waals surface area contributed by atoms with Crippen LogP contribution in [-0.2, 0) is 53.9 Å². The van der Waals surface area contributed by atoms with E-state index >= 15 is 0 Å². The maximum Gasteiger partial charge on any atom is 0.494 e. The number of carbonyl (C=O) groups excluding carboxylic acids is 5. The average Bonchev–Trinajstić information content (AvgIpc) is 1.74. The van der Waals surface area contributed by atoms with Gasteiger partial charge in [0.15, 0.2) is 5.82 Å². The van der Waals surface area contributed by atoms with Crippen molar-refractivity contribution >= 4 is 82.2 Å². The van der Waals surface area contributed by atoms with Gasteiger partial charge in [-0.3, -0.25) is 33.5 Å². The molecule has 3 aromatic carbocycles. The second-order valence-corrected chi connectivity index (χ2v) is 26.8. The molecule has 456 valence electrons. The number of hydrogen-bond donors (Lipinski definition) is 3. The number of amides is 4. The Hall–Kier alpha value is -6.66. The van der Waals surface area contributed by atoms with Gasteiger partial charge in [0.1, 0.15) is 41.7 Å². The van der Waals surface area contributed by atoms with E-state index < -0.39 is 77.7 Å². The van der Waals surface area contributed by atoms with E-state index in [1.54, 1.807) is 22.7 Å². The van der Waals surface area contributed by atoms with Crippen LogP contribution in [0.3, 0.4) is 0 Å². The lowest BCUT2D eigenvalue weighted by atomic mass is 9.79. The molecular formula is C63H77BClN9O10S2. The molecule has 19 nitrogen and oxygen atoms in total. The van der Waals surface area contributed by atoms with Crippen molar-refractivity contribution in [2.75, 3.05) is 39.5 Å². The first-order valence-corrected chi connectivity index (χ1v) is 31.2. The first-order valence-electron chi connectivity index (χ1n) is 29.1. The number of aliphatic imine (C=N–C) groups is 1. The Bertz CT molecular complexity index is 3450. The highest BCUT2D eigenvalue weighted by Crippen LogP contribution is 2.41. The van der Waals surface area contributed by atoms with E-state index in [1.165, 1.54) is 4.90 Å². The van der Waals surface area contributed by atoms with Crippen LogP contribution in [0.15, 0.2) is 83.3 Å². The van der Waals surface area contributed by atoms with Gasteiger partial charge in [-0.05, 0) is 114 Å². The van der Waals surface area contributed by atoms with Crippen LogP contribution in [0.5, 0.6) is 0 Å². The predicted molar refractivity (Wildman–Crippen MR) is 333 cm³/mol. The number of aromatic nitrogens is 4. The SMILES string of the molecule is Cc1ncsc1-c1ccc([C@H](C)NC(=O)[C@@H]2C[C@@H](OC(=O)Cc3ccc(B4OC(C)(C)C(C)(C)O4)cc3)CN2C(=O)[C@@H](NC(=O)COCCCOCCNC(=O)C[C@@H]2N=C(c3ccc(Cl)cc3)c3c(sc(C)c3C)-n3c(C)nnc32)C(C)(C)C)cc1. The minimum Gasteiger partial charge on any atom is -0.460 e. The third kappa shape index (κ3) is 14.7. The van der Waals surface area contributed by atoms with Crippen molar-refractivity contribution in [3.8, 4) is 15.4 Å². The maximum absolute atomic E-state index is 14.8. The van der Waals surface area contributed by atoms with Crippen molar-refractivity contribution in [3.63, 3.8) is 0 Å². The summed E-state index contributed by atoms with van der Waals surface area (Å²) in [7, 11) is -0.555. The van der Waals surface area contributed by atoms with Gasteiger partial charge in [0.05, 0.1) is 65.0 Å². The number of carbonyl (C=O) groups is 5. The molecule has 23 heteroatoms. The third-order valence-electron chi connectivity index (χ3n) is 16.3. The minimum atomic E-state index is -1.07. The van der Waals surface area contributed by atoms with E-state index in [4.69, 9.17) is 40.1 Å². The van der Waals surface area contributed by atoms with E-state index in [2.05, 4.69) is 45.0 Å². The zero-order valence-electron chi connectivity index (χ0n) is 51.0. The van der Waals surface area contributed by atoms with Gasteiger partial charge in [0.2, 0.25) is 23.6 Å². The van der Waals surface area contributed by atoms with Gasteiger partial charge in [-0.15, -0.1) is 32.9 Å². The number of nitrogens with one attached hydrogen (secondary N) is 3. The third-order valence-corrected chi connectivity index (χ3v) is 18.7. The van der Waals surface area contributed by atoms with E-state index in [1.807, 2.05) is 152 Å². The summed E-state index contributed by atoms with van der Waals surface area (Å²) in [6, 6.07) is 19.7. The van der Waals surface area contributed by atoms with E-state index in [0.29, 0.717) is 35.3 Å². The molecule has 0 spiro atoms. The molecule has 6 aromatic rings. The molecule has 4 amide bonds. The Morgan fingerprint density at radius 3 is 2.19 bits per heavy atom. The number of aryl methyl sites for hydroxylation is 3. The average molecular weight is 1230 g/mol. The first-order chi connectivity index (χ1) is 40.8. The number of nitrogens with zero attached hydrogens (tertiary/aromatic N) is 6. The fourth-order valence-electron chi connectivity index (χ4n) is 10.6.